The van der Waals surface area contributed by atoms with E-state index in [1.54, 1.807) is 16.2 Å². The van der Waals surface area contributed by atoms with Crippen molar-refractivity contribution in [1.82, 2.24) is 15.2 Å². The number of aryl methyl sites for hydroxylation is 2. The Kier molecular flexibility index (Phi) is 3.05. The van der Waals surface area contributed by atoms with Crippen LogP contribution in [0.5, 0.6) is 0 Å². The zero-order valence-electron chi connectivity index (χ0n) is 11.1. The Morgan fingerprint density at radius 1 is 1.37 bits per heavy atom. The van der Waals surface area contributed by atoms with Crippen LogP contribution in [0.3, 0.4) is 0 Å². The van der Waals surface area contributed by atoms with Crippen LogP contribution in [-0.2, 0) is 16.1 Å². The van der Waals surface area contributed by atoms with Crippen molar-refractivity contribution < 1.29 is 9.59 Å². The third-order valence-electron chi connectivity index (χ3n) is 3.79. The summed E-state index contributed by atoms with van der Waals surface area (Å²) in [6.45, 7) is 4.58. The summed E-state index contributed by atoms with van der Waals surface area (Å²) in [5.41, 5.74) is 1.01. The molecule has 1 atom stereocenters. The number of nitrogens with one attached hydrogen (secondary N) is 1. The number of carbonyl (C=O) groups excluding carboxylic acids is 2. The maximum Gasteiger partial charge on any atom is 0.243 e. The van der Waals surface area contributed by atoms with Gasteiger partial charge in [0.15, 0.2) is 0 Å². The van der Waals surface area contributed by atoms with E-state index in [1.807, 2.05) is 13.8 Å². The van der Waals surface area contributed by atoms with Crippen molar-refractivity contribution in [1.29, 1.82) is 0 Å². The van der Waals surface area contributed by atoms with Gasteiger partial charge in [-0.3, -0.25) is 9.59 Å². The summed E-state index contributed by atoms with van der Waals surface area (Å²) < 4.78 is 0. The number of aromatic nitrogens is 1. The molecule has 1 saturated heterocycles. The van der Waals surface area contributed by atoms with Gasteiger partial charge < -0.3 is 10.2 Å². The summed E-state index contributed by atoms with van der Waals surface area (Å²) in [6, 6.07) is -0.286. The smallest absolute Gasteiger partial charge is 0.243 e. The summed E-state index contributed by atoms with van der Waals surface area (Å²) in [6.07, 6.45) is 2.08. The standard InChI is InChI=1S/C13H17N3O2S/c1-7-8(2)19-10(15-7)6-16-11(17)5-14-13(18)12(16)9-3-4-9/h9,12H,3-6H2,1-2H3,(H,14,18). The quantitative estimate of drug-likeness (QED) is 0.897. The molecule has 1 saturated carbocycles. The van der Waals surface area contributed by atoms with Gasteiger partial charge in [0, 0.05) is 4.88 Å². The summed E-state index contributed by atoms with van der Waals surface area (Å²) in [5.74, 6) is 0.334. The lowest BCUT2D eigenvalue weighted by Crippen LogP contribution is -2.58. The Labute approximate surface area is 116 Å². The van der Waals surface area contributed by atoms with Crippen molar-refractivity contribution in [3.63, 3.8) is 0 Å². The minimum absolute atomic E-state index is 0.00186. The maximum atomic E-state index is 12.1. The fourth-order valence-electron chi connectivity index (χ4n) is 2.49. The molecule has 1 N–H and O–H groups in total. The van der Waals surface area contributed by atoms with Crippen LogP contribution >= 0.6 is 11.3 Å². The lowest BCUT2D eigenvalue weighted by molar-refractivity contribution is -0.147. The second kappa shape index (κ2) is 4.59. The Morgan fingerprint density at radius 3 is 2.68 bits per heavy atom. The van der Waals surface area contributed by atoms with E-state index in [4.69, 9.17) is 0 Å². The second-order valence-corrected chi connectivity index (χ2v) is 6.56. The highest BCUT2D eigenvalue weighted by molar-refractivity contribution is 7.11. The predicted octanol–water partition coefficient (Wildman–Crippen LogP) is 0.997. The first-order valence-corrected chi connectivity index (χ1v) is 7.38. The molecule has 5 nitrogen and oxygen atoms in total. The molecule has 2 amide bonds. The van der Waals surface area contributed by atoms with Crippen LogP contribution in [0.2, 0.25) is 0 Å². The van der Waals surface area contributed by atoms with Crippen molar-refractivity contribution in [3.05, 3.63) is 15.6 Å². The second-order valence-electron chi connectivity index (χ2n) is 5.27. The van der Waals surface area contributed by atoms with Crippen LogP contribution in [-0.4, -0.2) is 34.3 Å². The molecule has 2 fully saturated rings. The molecule has 1 unspecified atom stereocenters. The first kappa shape index (κ1) is 12.6. The van der Waals surface area contributed by atoms with Crippen molar-refractivity contribution in [2.24, 2.45) is 5.92 Å². The van der Waals surface area contributed by atoms with E-state index in [2.05, 4.69) is 10.3 Å². The van der Waals surface area contributed by atoms with Crippen LogP contribution in [0.4, 0.5) is 0 Å². The molecular weight excluding hydrogens is 262 g/mol. The molecule has 19 heavy (non-hydrogen) atoms. The van der Waals surface area contributed by atoms with E-state index in [-0.39, 0.29) is 24.4 Å². The van der Waals surface area contributed by atoms with Gasteiger partial charge in [-0.15, -0.1) is 11.3 Å². The molecule has 2 aliphatic rings. The van der Waals surface area contributed by atoms with Gasteiger partial charge in [-0.05, 0) is 32.6 Å². The van der Waals surface area contributed by atoms with Crippen LogP contribution in [0.1, 0.15) is 28.4 Å². The average molecular weight is 279 g/mol. The molecule has 1 aliphatic heterocycles. The van der Waals surface area contributed by atoms with E-state index in [0.717, 1.165) is 23.5 Å². The van der Waals surface area contributed by atoms with Crippen molar-refractivity contribution >= 4 is 23.2 Å². The van der Waals surface area contributed by atoms with Gasteiger partial charge in [0.05, 0.1) is 18.8 Å². The van der Waals surface area contributed by atoms with Crippen LogP contribution in [0.25, 0.3) is 0 Å². The number of hydrogen-bond donors (Lipinski definition) is 1. The average Bonchev–Trinajstić information content (AvgIpc) is 3.13. The maximum absolute atomic E-state index is 12.1. The molecule has 0 aromatic carbocycles. The lowest BCUT2D eigenvalue weighted by atomic mass is 10.1. The summed E-state index contributed by atoms with van der Waals surface area (Å²) in [4.78, 5) is 31.4. The Balaban J connectivity index is 1.82. The number of rotatable bonds is 3. The zero-order valence-corrected chi connectivity index (χ0v) is 11.9. The topological polar surface area (TPSA) is 62.3 Å². The van der Waals surface area contributed by atoms with Gasteiger partial charge in [-0.25, -0.2) is 4.98 Å². The molecule has 6 heteroatoms. The highest BCUT2D eigenvalue weighted by Gasteiger charge is 2.44. The number of piperazine rings is 1. The number of nitrogens with zero attached hydrogens (tertiary/aromatic N) is 2. The highest BCUT2D eigenvalue weighted by Crippen LogP contribution is 2.37. The largest absolute Gasteiger partial charge is 0.345 e. The van der Waals surface area contributed by atoms with E-state index in [1.165, 1.54) is 4.88 Å². The minimum atomic E-state index is -0.286. The van der Waals surface area contributed by atoms with Gasteiger partial charge in [-0.1, -0.05) is 0 Å². The summed E-state index contributed by atoms with van der Waals surface area (Å²) >= 11 is 1.61. The predicted molar refractivity (Wildman–Crippen MR) is 71.7 cm³/mol. The van der Waals surface area contributed by atoms with Crippen molar-refractivity contribution in [2.75, 3.05) is 6.54 Å². The van der Waals surface area contributed by atoms with E-state index >= 15 is 0 Å². The molecule has 3 rings (SSSR count). The van der Waals surface area contributed by atoms with Crippen LogP contribution < -0.4 is 5.32 Å². The molecule has 1 aliphatic carbocycles. The zero-order chi connectivity index (χ0) is 13.6. The monoisotopic (exact) mass is 279 g/mol. The molecule has 1 aromatic rings. The van der Waals surface area contributed by atoms with E-state index < -0.39 is 0 Å². The third-order valence-corrected chi connectivity index (χ3v) is 4.84. The Hall–Kier alpha value is -1.43. The SMILES string of the molecule is Cc1nc(CN2C(=O)CNC(=O)C2C2CC2)sc1C. The van der Waals surface area contributed by atoms with Gasteiger partial charge in [0.25, 0.3) is 0 Å². The number of hydrogen-bond acceptors (Lipinski definition) is 4. The molecule has 0 bridgehead atoms. The molecule has 0 spiro atoms. The highest BCUT2D eigenvalue weighted by atomic mass is 32.1. The number of amides is 2. The fraction of sp³-hybridized carbons (Fsp3) is 0.615. The number of carbonyl (C=O) groups is 2. The number of thiazole rings is 1. The molecule has 2 heterocycles. The summed E-state index contributed by atoms with van der Waals surface area (Å²) in [5, 5.41) is 3.61. The third kappa shape index (κ3) is 2.36. The molecular formula is C13H17N3O2S. The Morgan fingerprint density at radius 2 is 2.11 bits per heavy atom. The van der Waals surface area contributed by atoms with E-state index in [0.29, 0.717) is 12.5 Å². The molecule has 102 valence electrons. The Bertz CT molecular complexity index is 516. The minimum Gasteiger partial charge on any atom is -0.345 e. The van der Waals surface area contributed by atoms with Gasteiger partial charge >= 0.3 is 0 Å². The van der Waals surface area contributed by atoms with Crippen LogP contribution in [0, 0.1) is 19.8 Å². The van der Waals surface area contributed by atoms with Crippen molar-refractivity contribution in [3.8, 4) is 0 Å². The first-order chi connectivity index (χ1) is 9.06. The molecule has 0 radical (unpaired) electrons. The van der Waals surface area contributed by atoms with Gasteiger partial charge in [0.2, 0.25) is 11.8 Å². The van der Waals surface area contributed by atoms with Crippen molar-refractivity contribution in [2.45, 2.75) is 39.3 Å². The normalized spacial score (nSPS) is 23.7. The van der Waals surface area contributed by atoms with Crippen LogP contribution in [0.15, 0.2) is 0 Å². The fourth-order valence-corrected chi connectivity index (χ4v) is 3.42. The van der Waals surface area contributed by atoms with Gasteiger partial charge in [-0.2, -0.15) is 0 Å². The first-order valence-electron chi connectivity index (χ1n) is 6.56. The molecule has 1 aromatic heterocycles. The lowest BCUT2D eigenvalue weighted by Gasteiger charge is -2.34. The van der Waals surface area contributed by atoms with E-state index in [9.17, 15) is 9.59 Å². The summed E-state index contributed by atoms with van der Waals surface area (Å²) in [7, 11) is 0. The van der Waals surface area contributed by atoms with Gasteiger partial charge in [0.1, 0.15) is 11.0 Å².